The Labute approximate surface area is 167 Å². The van der Waals surface area contributed by atoms with Crippen molar-refractivity contribution in [3.63, 3.8) is 0 Å². The van der Waals surface area contributed by atoms with Gasteiger partial charge in [0.2, 0.25) is 0 Å². The van der Waals surface area contributed by atoms with Gasteiger partial charge in [-0.15, -0.1) is 0 Å². The maximum atomic E-state index is 9.44. The molecule has 0 spiro atoms. The molecule has 0 aliphatic carbocycles. The maximum Gasteiger partial charge on any atom is 0.118 e. The number of aliphatic hydroxyl groups excluding tert-OH is 1. The Bertz CT molecular complexity index is 703. The van der Waals surface area contributed by atoms with E-state index in [2.05, 4.69) is 12.1 Å². The van der Waals surface area contributed by atoms with Crippen LogP contribution in [0, 0.1) is 0 Å². The SMILES string of the molecule is COc1ccc(CO[C@@H](CCOCc2ccccc2)C[C@@H]2O[C@@]2(C)CO)cc1. The molecular weight excluding hydrogens is 356 g/mol. The summed E-state index contributed by atoms with van der Waals surface area (Å²) in [5, 5.41) is 9.44. The van der Waals surface area contributed by atoms with Crippen LogP contribution in [0.4, 0.5) is 0 Å². The number of hydrogen-bond acceptors (Lipinski definition) is 5. The summed E-state index contributed by atoms with van der Waals surface area (Å²) in [7, 11) is 1.66. The number of aliphatic hydroxyl groups is 1. The Kier molecular flexibility index (Phi) is 7.45. The third kappa shape index (κ3) is 6.04. The predicted octanol–water partition coefficient (Wildman–Crippen LogP) is 3.73. The van der Waals surface area contributed by atoms with Crippen molar-refractivity contribution in [2.75, 3.05) is 20.3 Å². The molecular formula is C23H30O5. The number of benzene rings is 2. The van der Waals surface area contributed by atoms with Gasteiger partial charge in [-0.25, -0.2) is 0 Å². The molecule has 0 amide bonds. The first-order valence-corrected chi connectivity index (χ1v) is 9.78. The van der Waals surface area contributed by atoms with Crippen molar-refractivity contribution in [3.8, 4) is 5.75 Å². The van der Waals surface area contributed by atoms with Crippen LogP contribution in [0.2, 0.25) is 0 Å². The molecule has 0 saturated carbocycles. The highest BCUT2D eigenvalue weighted by atomic mass is 16.6. The molecule has 1 fully saturated rings. The van der Waals surface area contributed by atoms with Crippen LogP contribution in [0.25, 0.3) is 0 Å². The first-order valence-electron chi connectivity index (χ1n) is 9.78. The average molecular weight is 386 g/mol. The fraction of sp³-hybridized carbons (Fsp3) is 0.478. The van der Waals surface area contributed by atoms with E-state index in [4.69, 9.17) is 18.9 Å². The summed E-state index contributed by atoms with van der Waals surface area (Å²) in [6, 6.07) is 18.0. The van der Waals surface area contributed by atoms with Gasteiger partial charge in [0.25, 0.3) is 0 Å². The Morgan fingerprint density at radius 2 is 1.75 bits per heavy atom. The summed E-state index contributed by atoms with van der Waals surface area (Å²) in [5.41, 5.74) is 1.83. The summed E-state index contributed by atoms with van der Waals surface area (Å²) in [6.45, 7) is 3.71. The molecule has 28 heavy (non-hydrogen) atoms. The number of rotatable bonds is 12. The van der Waals surface area contributed by atoms with Gasteiger partial charge < -0.3 is 24.1 Å². The smallest absolute Gasteiger partial charge is 0.118 e. The van der Waals surface area contributed by atoms with Crippen LogP contribution in [-0.4, -0.2) is 43.2 Å². The molecule has 0 bridgehead atoms. The van der Waals surface area contributed by atoms with Crippen LogP contribution in [0.15, 0.2) is 54.6 Å². The molecule has 1 saturated heterocycles. The van der Waals surface area contributed by atoms with E-state index in [0.717, 1.165) is 29.7 Å². The van der Waals surface area contributed by atoms with Crippen molar-refractivity contribution in [3.05, 3.63) is 65.7 Å². The van der Waals surface area contributed by atoms with Gasteiger partial charge in [0.1, 0.15) is 11.4 Å². The first kappa shape index (κ1) is 20.8. The van der Waals surface area contributed by atoms with Crippen molar-refractivity contribution in [2.24, 2.45) is 0 Å². The first-order chi connectivity index (χ1) is 13.6. The van der Waals surface area contributed by atoms with Crippen LogP contribution in [0.3, 0.4) is 0 Å². The quantitative estimate of drug-likeness (QED) is 0.445. The van der Waals surface area contributed by atoms with E-state index in [0.29, 0.717) is 19.8 Å². The third-order valence-electron chi connectivity index (χ3n) is 5.17. The monoisotopic (exact) mass is 386 g/mol. The van der Waals surface area contributed by atoms with Crippen LogP contribution >= 0.6 is 0 Å². The van der Waals surface area contributed by atoms with Crippen molar-refractivity contribution >= 4 is 0 Å². The van der Waals surface area contributed by atoms with E-state index in [9.17, 15) is 5.11 Å². The Morgan fingerprint density at radius 1 is 1.04 bits per heavy atom. The lowest BCUT2D eigenvalue weighted by atomic mass is 10.0. The Balaban J connectivity index is 1.47. The zero-order valence-electron chi connectivity index (χ0n) is 16.7. The lowest BCUT2D eigenvalue weighted by molar-refractivity contribution is 0.000820. The maximum absolute atomic E-state index is 9.44. The van der Waals surface area contributed by atoms with E-state index in [1.807, 2.05) is 49.4 Å². The lowest BCUT2D eigenvalue weighted by Crippen LogP contribution is -2.23. The van der Waals surface area contributed by atoms with Gasteiger partial charge in [0, 0.05) is 13.0 Å². The highest BCUT2D eigenvalue weighted by Gasteiger charge is 2.52. The molecule has 3 atom stereocenters. The minimum atomic E-state index is -0.424. The summed E-state index contributed by atoms with van der Waals surface area (Å²) >= 11 is 0. The number of epoxide rings is 1. The van der Waals surface area contributed by atoms with Crippen LogP contribution < -0.4 is 4.74 Å². The third-order valence-corrected chi connectivity index (χ3v) is 5.17. The number of methoxy groups -OCH3 is 1. The van der Waals surface area contributed by atoms with E-state index in [-0.39, 0.29) is 18.8 Å². The van der Waals surface area contributed by atoms with E-state index < -0.39 is 5.60 Å². The standard InChI is InChI=1S/C23H30O5/c1-23(17-24)22(28-23)14-21(12-13-26-15-18-6-4-3-5-7-18)27-16-19-8-10-20(25-2)11-9-19/h3-11,21-22,24H,12-17H2,1-2H3/t21-,22-,23-/m0/s1. The van der Waals surface area contributed by atoms with E-state index in [1.165, 1.54) is 0 Å². The van der Waals surface area contributed by atoms with Crippen LogP contribution in [-0.2, 0) is 27.4 Å². The normalized spacial score (nSPS) is 22.0. The number of hydrogen-bond donors (Lipinski definition) is 1. The molecule has 5 heteroatoms. The minimum absolute atomic E-state index is 0.0104. The highest BCUT2D eigenvalue weighted by molar-refractivity contribution is 5.26. The highest BCUT2D eigenvalue weighted by Crippen LogP contribution is 2.39. The summed E-state index contributed by atoms with van der Waals surface area (Å²) < 4.78 is 22.8. The fourth-order valence-corrected chi connectivity index (χ4v) is 3.15. The van der Waals surface area contributed by atoms with Gasteiger partial charge in [0.15, 0.2) is 0 Å². The molecule has 3 rings (SSSR count). The van der Waals surface area contributed by atoms with Gasteiger partial charge in [-0.1, -0.05) is 42.5 Å². The van der Waals surface area contributed by atoms with Crippen LogP contribution in [0.5, 0.6) is 5.75 Å². The molecule has 5 nitrogen and oxygen atoms in total. The largest absolute Gasteiger partial charge is 0.497 e. The fourth-order valence-electron chi connectivity index (χ4n) is 3.15. The molecule has 1 N–H and O–H groups in total. The molecule has 0 radical (unpaired) electrons. The second-order valence-corrected chi connectivity index (χ2v) is 7.42. The van der Waals surface area contributed by atoms with Crippen LogP contribution in [0.1, 0.15) is 30.9 Å². The molecule has 1 aliphatic rings. The van der Waals surface area contributed by atoms with Crippen molar-refractivity contribution < 1.29 is 24.1 Å². The number of ether oxygens (including phenoxy) is 4. The Hall–Kier alpha value is -1.92. The molecule has 2 aromatic carbocycles. The van der Waals surface area contributed by atoms with E-state index in [1.54, 1.807) is 7.11 Å². The van der Waals surface area contributed by atoms with Crippen molar-refractivity contribution in [1.82, 2.24) is 0 Å². The second-order valence-electron chi connectivity index (χ2n) is 7.42. The van der Waals surface area contributed by atoms with Gasteiger partial charge in [0.05, 0.1) is 39.1 Å². The minimum Gasteiger partial charge on any atom is -0.497 e. The predicted molar refractivity (Wildman–Crippen MR) is 107 cm³/mol. The van der Waals surface area contributed by atoms with Crippen molar-refractivity contribution in [1.29, 1.82) is 0 Å². The Morgan fingerprint density at radius 3 is 2.39 bits per heavy atom. The molecule has 0 aromatic heterocycles. The molecule has 0 unspecified atom stereocenters. The molecule has 152 valence electrons. The van der Waals surface area contributed by atoms with Gasteiger partial charge >= 0.3 is 0 Å². The molecule has 1 aliphatic heterocycles. The summed E-state index contributed by atoms with van der Waals surface area (Å²) in [5.74, 6) is 0.833. The average Bonchev–Trinajstić information content (AvgIpc) is 3.40. The summed E-state index contributed by atoms with van der Waals surface area (Å²) in [6.07, 6.45) is 1.58. The van der Waals surface area contributed by atoms with E-state index >= 15 is 0 Å². The summed E-state index contributed by atoms with van der Waals surface area (Å²) in [4.78, 5) is 0. The second kappa shape index (κ2) is 10.0. The topological polar surface area (TPSA) is 60.5 Å². The molecule has 1 heterocycles. The molecule has 2 aromatic rings. The zero-order valence-corrected chi connectivity index (χ0v) is 16.7. The van der Waals surface area contributed by atoms with Gasteiger partial charge in [-0.2, -0.15) is 0 Å². The van der Waals surface area contributed by atoms with Gasteiger partial charge in [-0.05, 0) is 36.6 Å². The van der Waals surface area contributed by atoms with Gasteiger partial charge in [-0.3, -0.25) is 0 Å². The lowest BCUT2D eigenvalue weighted by Gasteiger charge is -2.18. The zero-order chi connectivity index (χ0) is 19.8. The van der Waals surface area contributed by atoms with Crippen molar-refractivity contribution in [2.45, 2.75) is 50.8 Å².